The lowest BCUT2D eigenvalue weighted by molar-refractivity contribution is -0.137. The molecule has 0 amide bonds. The monoisotopic (exact) mass is 412 g/mol. The van der Waals surface area contributed by atoms with Gasteiger partial charge in [-0.25, -0.2) is 4.79 Å². The molecule has 3 N–H and O–H groups in total. The lowest BCUT2D eigenvalue weighted by Crippen LogP contribution is -2.15. The highest BCUT2D eigenvalue weighted by Crippen LogP contribution is 2.31. The molecular formula is C20H23F3N2O4. The molecule has 0 fully saturated rings. The first kappa shape index (κ1) is 22.7. The number of nitrogens with two attached hydrogens (primary N) is 1. The van der Waals surface area contributed by atoms with E-state index >= 15 is 0 Å². The largest absolute Gasteiger partial charge is 0.460 e. The SMILES string of the molecule is NCCOCCOCCOC(=O)c1ccccc1Nc1cccc(C(F)(F)F)c1. The molecule has 2 aromatic carbocycles. The lowest BCUT2D eigenvalue weighted by atomic mass is 10.1. The second-order valence-corrected chi connectivity index (χ2v) is 5.90. The van der Waals surface area contributed by atoms with Crippen LogP contribution < -0.4 is 11.1 Å². The number of ether oxygens (including phenoxy) is 3. The topological polar surface area (TPSA) is 82.8 Å². The van der Waals surface area contributed by atoms with Crippen LogP contribution in [0.2, 0.25) is 0 Å². The van der Waals surface area contributed by atoms with Crippen molar-refractivity contribution in [2.24, 2.45) is 5.73 Å². The Labute approximate surface area is 166 Å². The predicted molar refractivity (Wildman–Crippen MR) is 102 cm³/mol. The van der Waals surface area contributed by atoms with Crippen molar-refractivity contribution in [2.45, 2.75) is 6.18 Å². The number of esters is 1. The lowest BCUT2D eigenvalue weighted by Gasteiger charge is -2.13. The van der Waals surface area contributed by atoms with Gasteiger partial charge in [-0.05, 0) is 30.3 Å². The minimum absolute atomic E-state index is 0.0353. The predicted octanol–water partition coefficient (Wildman–Crippen LogP) is 3.60. The van der Waals surface area contributed by atoms with E-state index in [-0.39, 0.29) is 24.5 Å². The van der Waals surface area contributed by atoms with Crippen LogP contribution in [-0.2, 0) is 20.4 Å². The summed E-state index contributed by atoms with van der Waals surface area (Å²) in [5.74, 6) is -0.608. The summed E-state index contributed by atoms with van der Waals surface area (Å²) in [6, 6.07) is 11.1. The Hall–Kier alpha value is -2.62. The first-order valence-electron chi connectivity index (χ1n) is 8.98. The van der Waals surface area contributed by atoms with E-state index in [2.05, 4.69) is 5.32 Å². The molecule has 0 saturated carbocycles. The summed E-state index contributed by atoms with van der Waals surface area (Å²) >= 11 is 0. The second-order valence-electron chi connectivity index (χ2n) is 5.90. The van der Waals surface area contributed by atoms with Crippen molar-refractivity contribution >= 4 is 17.3 Å². The summed E-state index contributed by atoms with van der Waals surface area (Å²) in [7, 11) is 0. The van der Waals surface area contributed by atoms with Crippen molar-refractivity contribution in [2.75, 3.05) is 44.9 Å². The van der Waals surface area contributed by atoms with Crippen LogP contribution >= 0.6 is 0 Å². The molecule has 0 bridgehead atoms. The number of hydrogen-bond acceptors (Lipinski definition) is 6. The van der Waals surface area contributed by atoms with Crippen molar-refractivity contribution in [3.63, 3.8) is 0 Å². The number of carbonyl (C=O) groups excluding carboxylic acids is 1. The smallest absolute Gasteiger partial charge is 0.416 e. The molecule has 6 nitrogen and oxygen atoms in total. The third-order valence-electron chi connectivity index (χ3n) is 3.71. The van der Waals surface area contributed by atoms with Crippen molar-refractivity contribution in [1.82, 2.24) is 0 Å². The van der Waals surface area contributed by atoms with Gasteiger partial charge in [0.05, 0.1) is 43.2 Å². The Kier molecular flexibility index (Phi) is 8.91. The van der Waals surface area contributed by atoms with E-state index in [4.69, 9.17) is 19.9 Å². The molecule has 0 saturated heterocycles. The van der Waals surface area contributed by atoms with E-state index in [0.29, 0.717) is 32.1 Å². The Morgan fingerprint density at radius 3 is 2.34 bits per heavy atom. The zero-order valence-corrected chi connectivity index (χ0v) is 15.7. The zero-order valence-electron chi connectivity index (χ0n) is 15.7. The standard InChI is InChI=1S/C20H23F3N2O4/c21-20(22,23)15-4-3-5-16(14-15)25-18-7-2-1-6-17(18)19(26)29-13-12-28-11-10-27-9-8-24/h1-7,14,25H,8-13,24H2. The number of alkyl halides is 3. The molecule has 2 aromatic rings. The van der Waals surface area contributed by atoms with Gasteiger partial charge >= 0.3 is 12.1 Å². The van der Waals surface area contributed by atoms with Crippen LogP contribution in [0.3, 0.4) is 0 Å². The van der Waals surface area contributed by atoms with Gasteiger partial charge in [-0.15, -0.1) is 0 Å². The van der Waals surface area contributed by atoms with Gasteiger partial charge in [0.1, 0.15) is 6.61 Å². The number of nitrogens with one attached hydrogen (secondary N) is 1. The first-order valence-corrected chi connectivity index (χ1v) is 8.98. The molecule has 0 unspecified atom stereocenters. The molecule has 0 atom stereocenters. The molecule has 2 rings (SSSR count). The summed E-state index contributed by atoms with van der Waals surface area (Å²) in [6.07, 6.45) is -4.45. The third-order valence-corrected chi connectivity index (χ3v) is 3.71. The molecule has 0 aliphatic heterocycles. The highest BCUT2D eigenvalue weighted by molar-refractivity contribution is 5.96. The van der Waals surface area contributed by atoms with E-state index in [9.17, 15) is 18.0 Å². The number of rotatable bonds is 11. The first-order chi connectivity index (χ1) is 13.9. The maximum Gasteiger partial charge on any atom is 0.416 e. The molecule has 0 spiro atoms. The molecular weight excluding hydrogens is 389 g/mol. The van der Waals surface area contributed by atoms with Crippen molar-refractivity contribution in [1.29, 1.82) is 0 Å². The Bertz CT molecular complexity index is 784. The Morgan fingerprint density at radius 1 is 0.931 bits per heavy atom. The van der Waals surface area contributed by atoms with Gasteiger partial charge in [0.15, 0.2) is 0 Å². The van der Waals surface area contributed by atoms with Gasteiger partial charge in [0.25, 0.3) is 0 Å². The third kappa shape index (κ3) is 7.72. The maximum absolute atomic E-state index is 12.9. The van der Waals surface area contributed by atoms with E-state index < -0.39 is 17.7 Å². The van der Waals surface area contributed by atoms with Gasteiger partial charge in [0.2, 0.25) is 0 Å². The molecule has 0 aliphatic carbocycles. The van der Waals surface area contributed by atoms with E-state index in [1.807, 2.05) is 0 Å². The molecule has 158 valence electrons. The number of benzene rings is 2. The van der Waals surface area contributed by atoms with Crippen LogP contribution in [0, 0.1) is 0 Å². The van der Waals surface area contributed by atoms with Crippen molar-refractivity contribution in [3.05, 3.63) is 59.7 Å². The normalized spacial score (nSPS) is 11.3. The Morgan fingerprint density at radius 2 is 1.62 bits per heavy atom. The fraction of sp³-hybridized carbons (Fsp3) is 0.350. The Balaban J connectivity index is 1.91. The fourth-order valence-electron chi connectivity index (χ4n) is 2.38. The minimum atomic E-state index is -4.45. The number of para-hydroxylation sites is 1. The zero-order chi connectivity index (χ0) is 21.1. The highest BCUT2D eigenvalue weighted by atomic mass is 19.4. The summed E-state index contributed by atoms with van der Waals surface area (Å²) in [6.45, 7) is 1.87. The summed E-state index contributed by atoms with van der Waals surface area (Å²) in [5, 5.41) is 2.84. The second kappa shape index (κ2) is 11.4. The van der Waals surface area contributed by atoms with Crippen LogP contribution in [0.5, 0.6) is 0 Å². The van der Waals surface area contributed by atoms with E-state index in [1.165, 1.54) is 18.2 Å². The van der Waals surface area contributed by atoms with Crippen LogP contribution in [0.15, 0.2) is 48.5 Å². The van der Waals surface area contributed by atoms with Gasteiger partial charge in [-0.1, -0.05) is 18.2 Å². The number of carbonyl (C=O) groups is 1. The van der Waals surface area contributed by atoms with Crippen LogP contribution in [0.4, 0.5) is 24.5 Å². The molecule has 29 heavy (non-hydrogen) atoms. The van der Waals surface area contributed by atoms with Crippen molar-refractivity contribution in [3.8, 4) is 0 Å². The van der Waals surface area contributed by atoms with Crippen LogP contribution in [-0.4, -0.2) is 45.5 Å². The molecule has 0 aromatic heterocycles. The molecule has 9 heteroatoms. The van der Waals surface area contributed by atoms with Gasteiger partial charge in [-0.3, -0.25) is 0 Å². The summed E-state index contributed by atoms with van der Waals surface area (Å²) < 4.78 is 54.2. The van der Waals surface area contributed by atoms with E-state index in [1.54, 1.807) is 18.2 Å². The molecule has 0 aliphatic rings. The minimum Gasteiger partial charge on any atom is -0.460 e. The maximum atomic E-state index is 12.9. The summed E-state index contributed by atoms with van der Waals surface area (Å²) in [4.78, 5) is 12.3. The molecule has 0 heterocycles. The van der Waals surface area contributed by atoms with Crippen molar-refractivity contribution < 1.29 is 32.2 Å². The number of halogens is 3. The van der Waals surface area contributed by atoms with E-state index in [0.717, 1.165) is 12.1 Å². The van der Waals surface area contributed by atoms with Gasteiger partial charge in [0, 0.05) is 12.2 Å². The quantitative estimate of drug-likeness (QED) is 0.434. The number of hydrogen-bond donors (Lipinski definition) is 2. The fourth-order valence-corrected chi connectivity index (χ4v) is 2.38. The average molecular weight is 412 g/mol. The highest BCUT2D eigenvalue weighted by Gasteiger charge is 2.30. The number of anilines is 2. The van der Waals surface area contributed by atoms with Crippen LogP contribution in [0.1, 0.15) is 15.9 Å². The van der Waals surface area contributed by atoms with Gasteiger partial charge in [-0.2, -0.15) is 13.2 Å². The van der Waals surface area contributed by atoms with Gasteiger partial charge < -0.3 is 25.3 Å². The van der Waals surface area contributed by atoms with Crippen LogP contribution in [0.25, 0.3) is 0 Å². The summed E-state index contributed by atoms with van der Waals surface area (Å²) in [5.41, 5.74) is 5.26. The molecule has 0 radical (unpaired) electrons. The average Bonchev–Trinajstić information content (AvgIpc) is 2.70.